The zero-order valence-corrected chi connectivity index (χ0v) is 9.62. The smallest absolute Gasteiger partial charge is 0.481 e. The van der Waals surface area contributed by atoms with Gasteiger partial charge in [-0.3, -0.25) is 4.79 Å². The van der Waals surface area contributed by atoms with Crippen molar-refractivity contribution in [1.29, 1.82) is 0 Å². The maximum absolute atomic E-state index is 12.5. The Morgan fingerprint density at radius 3 is 2.53 bits per heavy atom. The minimum absolute atomic E-state index is 0.356. The molecule has 0 radical (unpaired) electrons. The molecule has 0 bridgehead atoms. The van der Waals surface area contributed by atoms with Crippen LogP contribution in [0, 0.1) is 0 Å². The molecule has 0 amide bonds. The molecule has 0 saturated carbocycles. The van der Waals surface area contributed by atoms with E-state index in [1.54, 1.807) is 0 Å². The highest BCUT2D eigenvalue weighted by Crippen LogP contribution is 2.33. The van der Waals surface area contributed by atoms with Crippen molar-refractivity contribution in [1.82, 2.24) is 4.98 Å². The molecular weight excluding hydrogens is 274 g/mol. The van der Waals surface area contributed by atoms with Gasteiger partial charge in [-0.15, -0.1) is 13.2 Å². The fraction of sp³-hybridized carbons (Fsp3) is 0.400. The van der Waals surface area contributed by atoms with E-state index in [-0.39, 0.29) is 5.69 Å². The molecule has 0 aliphatic carbocycles. The molecule has 0 atom stereocenters. The van der Waals surface area contributed by atoms with Gasteiger partial charge in [0.2, 0.25) is 5.88 Å². The number of pyridine rings is 1. The fourth-order valence-corrected chi connectivity index (χ4v) is 1.34. The Kier molecular flexibility index (Phi) is 4.52. The van der Waals surface area contributed by atoms with Crippen LogP contribution >= 0.6 is 0 Å². The van der Waals surface area contributed by atoms with Crippen LogP contribution in [-0.4, -0.2) is 29.5 Å². The zero-order chi connectivity index (χ0) is 14.6. The predicted molar refractivity (Wildman–Crippen MR) is 53.6 cm³/mol. The molecule has 19 heavy (non-hydrogen) atoms. The van der Waals surface area contributed by atoms with Crippen molar-refractivity contribution in [2.24, 2.45) is 0 Å². The molecule has 1 heterocycles. The van der Waals surface area contributed by atoms with E-state index in [9.17, 15) is 22.4 Å². The van der Waals surface area contributed by atoms with Crippen LogP contribution in [0.1, 0.15) is 11.3 Å². The monoisotopic (exact) mass is 283 g/mol. The molecule has 0 aliphatic rings. The summed E-state index contributed by atoms with van der Waals surface area (Å²) in [6.07, 6.45) is -5.83. The van der Waals surface area contributed by atoms with Crippen molar-refractivity contribution in [2.45, 2.75) is 19.5 Å². The third kappa shape index (κ3) is 4.27. The van der Waals surface area contributed by atoms with Gasteiger partial charge < -0.3 is 14.6 Å². The molecule has 1 aromatic rings. The molecule has 0 saturated heterocycles. The van der Waals surface area contributed by atoms with Crippen LogP contribution in [0.25, 0.3) is 0 Å². The summed E-state index contributed by atoms with van der Waals surface area (Å²) in [7, 11) is 1.08. The molecule has 0 aliphatic heterocycles. The number of alkyl halides is 4. The van der Waals surface area contributed by atoms with Crippen molar-refractivity contribution >= 4 is 5.97 Å². The van der Waals surface area contributed by atoms with E-state index in [2.05, 4.69) is 14.5 Å². The molecule has 106 valence electrons. The first-order chi connectivity index (χ1) is 8.76. The van der Waals surface area contributed by atoms with Gasteiger partial charge in [0.05, 0.1) is 24.8 Å². The molecule has 1 aromatic heterocycles. The topological polar surface area (TPSA) is 68.7 Å². The zero-order valence-electron chi connectivity index (χ0n) is 9.62. The van der Waals surface area contributed by atoms with Gasteiger partial charge in [-0.1, -0.05) is 0 Å². The summed E-state index contributed by atoms with van der Waals surface area (Å²) in [4.78, 5) is 14.2. The van der Waals surface area contributed by atoms with Gasteiger partial charge in [0.15, 0.2) is 0 Å². The Morgan fingerprint density at radius 1 is 1.47 bits per heavy atom. The van der Waals surface area contributed by atoms with Gasteiger partial charge in [0.1, 0.15) is 12.4 Å². The fourth-order valence-electron chi connectivity index (χ4n) is 1.34. The number of aromatic nitrogens is 1. The third-order valence-electron chi connectivity index (χ3n) is 1.98. The first-order valence-electron chi connectivity index (χ1n) is 4.87. The van der Waals surface area contributed by atoms with Crippen molar-refractivity contribution in [3.05, 3.63) is 17.3 Å². The van der Waals surface area contributed by atoms with Gasteiger partial charge in [0, 0.05) is 6.07 Å². The van der Waals surface area contributed by atoms with Gasteiger partial charge in [-0.25, -0.2) is 9.37 Å². The van der Waals surface area contributed by atoms with Crippen molar-refractivity contribution in [3.8, 4) is 11.6 Å². The van der Waals surface area contributed by atoms with Gasteiger partial charge in [0.25, 0.3) is 0 Å². The number of nitrogens with zero attached hydrogens (tertiary/aromatic N) is 1. The number of hydrogen-bond donors (Lipinski definition) is 1. The standard InChI is InChI=1S/C10H9F4NO4/c1-18-9-6(3-8(16)17)7(19-10(12,13)14)2-5(4-11)15-9/h2H,3-4H2,1H3,(H,16,17). The van der Waals surface area contributed by atoms with Crippen LogP contribution in [0.3, 0.4) is 0 Å². The van der Waals surface area contributed by atoms with Crippen LogP contribution < -0.4 is 9.47 Å². The molecule has 1 N–H and O–H groups in total. The molecule has 1 rings (SSSR count). The maximum atomic E-state index is 12.5. The lowest BCUT2D eigenvalue weighted by Crippen LogP contribution is -2.19. The number of hydrogen-bond acceptors (Lipinski definition) is 4. The van der Waals surface area contributed by atoms with Gasteiger partial charge in [-0.05, 0) is 0 Å². The SMILES string of the molecule is COc1nc(CF)cc(OC(F)(F)F)c1CC(=O)O. The number of carboxylic acid groups (broad SMARTS) is 1. The highest BCUT2D eigenvalue weighted by Gasteiger charge is 2.33. The van der Waals surface area contributed by atoms with E-state index in [1.165, 1.54) is 0 Å². The number of aliphatic carboxylic acids is 1. The van der Waals surface area contributed by atoms with Crippen LogP contribution in [0.2, 0.25) is 0 Å². The number of ether oxygens (including phenoxy) is 2. The molecular formula is C10H9F4NO4. The van der Waals surface area contributed by atoms with E-state index in [0.717, 1.165) is 7.11 Å². The largest absolute Gasteiger partial charge is 0.573 e. The number of methoxy groups -OCH3 is 1. The van der Waals surface area contributed by atoms with Crippen LogP contribution in [-0.2, 0) is 17.9 Å². The average molecular weight is 283 g/mol. The maximum Gasteiger partial charge on any atom is 0.573 e. The molecule has 5 nitrogen and oxygen atoms in total. The second-order valence-corrected chi connectivity index (χ2v) is 3.35. The Hall–Kier alpha value is -2.06. The predicted octanol–water partition coefficient (Wildman–Crippen LogP) is 2.09. The van der Waals surface area contributed by atoms with Crippen LogP contribution in [0.5, 0.6) is 11.6 Å². The molecule has 0 fully saturated rings. The van der Waals surface area contributed by atoms with Gasteiger partial charge >= 0.3 is 12.3 Å². The summed E-state index contributed by atoms with van der Waals surface area (Å²) in [5, 5.41) is 8.64. The van der Waals surface area contributed by atoms with Crippen molar-refractivity contribution in [3.63, 3.8) is 0 Å². The molecule has 9 heteroatoms. The normalized spacial score (nSPS) is 11.2. The van der Waals surface area contributed by atoms with Crippen LogP contribution in [0.15, 0.2) is 6.07 Å². The van der Waals surface area contributed by atoms with Gasteiger partial charge in [-0.2, -0.15) is 0 Å². The number of carboxylic acids is 1. The highest BCUT2D eigenvalue weighted by atomic mass is 19.4. The number of carbonyl (C=O) groups is 1. The van der Waals surface area contributed by atoms with Crippen molar-refractivity contribution < 1.29 is 36.9 Å². The average Bonchev–Trinajstić information content (AvgIpc) is 2.28. The minimum atomic E-state index is -5.03. The second-order valence-electron chi connectivity index (χ2n) is 3.35. The second kappa shape index (κ2) is 5.72. The summed E-state index contributed by atoms with van der Waals surface area (Å²) in [5.41, 5.74) is -0.769. The minimum Gasteiger partial charge on any atom is -0.481 e. The van der Waals surface area contributed by atoms with E-state index >= 15 is 0 Å². The Balaban J connectivity index is 3.32. The van der Waals surface area contributed by atoms with E-state index in [1.807, 2.05) is 0 Å². The first kappa shape index (κ1) is 15.0. The Bertz CT molecular complexity index is 475. The van der Waals surface area contributed by atoms with Crippen LogP contribution in [0.4, 0.5) is 17.6 Å². The summed E-state index contributed by atoms with van der Waals surface area (Å²) in [5.74, 6) is -2.66. The molecule has 0 aromatic carbocycles. The lowest BCUT2D eigenvalue weighted by Gasteiger charge is -2.15. The summed E-state index contributed by atoms with van der Waals surface area (Å²) < 4.78 is 57.4. The summed E-state index contributed by atoms with van der Waals surface area (Å²) in [6, 6.07) is 0.689. The Labute approximate surface area is 104 Å². The highest BCUT2D eigenvalue weighted by molar-refractivity contribution is 5.72. The van der Waals surface area contributed by atoms with E-state index in [0.29, 0.717) is 6.07 Å². The quantitative estimate of drug-likeness (QED) is 0.838. The number of halogens is 4. The molecule has 0 spiro atoms. The van der Waals surface area contributed by atoms with Crippen molar-refractivity contribution in [2.75, 3.05) is 7.11 Å². The lowest BCUT2D eigenvalue weighted by atomic mass is 10.1. The summed E-state index contributed by atoms with van der Waals surface area (Å²) in [6.45, 7) is -1.14. The molecule has 0 unspecified atom stereocenters. The summed E-state index contributed by atoms with van der Waals surface area (Å²) >= 11 is 0. The number of rotatable bonds is 5. The first-order valence-corrected chi connectivity index (χ1v) is 4.87. The van der Waals surface area contributed by atoms with E-state index in [4.69, 9.17) is 5.11 Å². The Morgan fingerprint density at radius 2 is 2.11 bits per heavy atom. The van der Waals surface area contributed by atoms with E-state index < -0.39 is 42.6 Å². The third-order valence-corrected chi connectivity index (χ3v) is 1.98. The lowest BCUT2D eigenvalue weighted by molar-refractivity contribution is -0.275.